The topological polar surface area (TPSA) is 151 Å². The number of hydrogen-bond acceptors (Lipinski definition) is 9. The minimum atomic E-state index is -2.40. The third-order valence-corrected chi connectivity index (χ3v) is 10.8. The van der Waals surface area contributed by atoms with Crippen LogP contribution in [0.4, 0.5) is 0 Å². The summed E-state index contributed by atoms with van der Waals surface area (Å²) in [5, 5.41) is 31.7. The van der Waals surface area contributed by atoms with Crippen LogP contribution in [0.3, 0.4) is 0 Å². The molecule has 258 valence electrons. The zero-order chi connectivity index (χ0) is 33.6. The van der Waals surface area contributed by atoms with Gasteiger partial charge in [-0.15, -0.1) is 0 Å². The molecule has 0 spiro atoms. The molecule has 0 unspecified atom stereocenters. The second-order valence-corrected chi connectivity index (χ2v) is 14.5. The molecular weight excluding hydrogens is 590 g/mol. The lowest BCUT2D eigenvalue weighted by Gasteiger charge is -2.42. The van der Waals surface area contributed by atoms with Crippen LogP contribution in [0.1, 0.15) is 105 Å². The van der Waals surface area contributed by atoms with Crippen molar-refractivity contribution in [3.05, 3.63) is 24.3 Å². The number of allylic oxidation sites excluding steroid dienone is 4. The maximum Gasteiger partial charge on any atom is 0.329 e. The van der Waals surface area contributed by atoms with Crippen LogP contribution < -0.4 is 0 Å². The number of amides is 1. The summed E-state index contributed by atoms with van der Waals surface area (Å²) >= 11 is 0. The highest BCUT2D eigenvalue weighted by Crippen LogP contribution is 2.37. The van der Waals surface area contributed by atoms with E-state index in [9.17, 15) is 34.5 Å². The third kappa shape index (κ3) is 8.74. The van der Waals surface area contributed by atoms with Gasteiger partial charge in [0.05, 0.1) is 18.3 Å². The molecule has 4 rings (SSSR count). The zero-order valence-corrected chi connectivity index (χ0v) is 28.0. The smallest absolute Gasteiger partial charge is 0.329 e. The number of hydrogen-bond donors (Lipinski definition) is 3. The highest BCUT2D eigenvalue weighted by Gasteiger charge is 2.54. The van der Waals surface area contributed by atoms with E-state index in [0.29, 0.717) is 51.4 Å². The van der Waals surface area contributed by atoms with Gasteiger partial charge in [-0.05, 0) is 101 Å². The Morgan fingerprint density at radius 2 is 1.67 bits per heavy atom. The van der Waals surface area contributed by atoms with Crippen molar-refractivity contribution in [2.75, 3.05) is 6.54 Å². The highest BCUT2D eigenvalue weighted by atomic mass is 16.6. The van der Waals surface area contributed by atoms with Crippen molar-refractivity contribution in [1.82, 2.24) is 4.90 Å². The Bertz CT molecular complexity index is 1150. The van der Waals surface area contributed by atoms with Crippen molar-refractivity contribution in [1.29, 1.82) is 0 Å². The number of aliphatic hydroxyl groups is 3. The normalized spacial score (nSPS) is 41.2. The number of Topliss-reactive ketones (excluding diaryl/α,β-unsaturated/α-hetero) is 1. The molecule has 10 nitrogen and oxygen atoms in total. The molecule has 3 heterocycles. The summed E-state index contributed by atoms with van der Waals surface area (Å²) in [5.41, 5.74) is 0. The molecule has 0 aromatic rings. The standard InChI is InChI=1S/C36H55NO9/c1-22-10-7-5-6-8-12-28(38)25(4)32-18-14-24(3)36(44,46-32)33(41)34(42)37-19-9-11-27(37)35(43)45-31(17-13-22)23(2)20-26-15-16-29(39)30(40)21-26/h7-8,10,12,22-27,29-32,39-40,44H,5-6,9,11,13-21H2,1-4H3/b10-7-,12-8+/t22-,23-,24-,25+,26+,27+,29-,30-,31+,32+,36-/m1/s1. The van der Waals surface area contributed by atoms with Gasteiger partial charge in [0.2, 0.25) is 5.79 Å². The summed E-state index contributed by atoms with van der Waals surface area (Å²) in [5.74, 6) is -6.11. The summed E-state index contributed by atoms with van der Waals surface area (Å²) in [6.07, 6.45) is 12.1. The third-order valence-electron chi connectivity index (χ3n) is 10.8. The van der Waals surface area contributed by atoms with Crippen LogP contribution in [0, 0.1) is 29.6 Å². The van der Waals surface area contributed by atoms with Crippen LogP contribution in [0.15, 0.2) is 24.3 Å². The molecule has 3 fully saturated rings. The fourth-order valence-corrected chi connectivity index (χ4v) is 7.56. The first-order chi connectivity index (χ1) is 21.8. The van der Waals surface area contributed by atoms with Crippen LogP contribution in [-0.2, 0) is 28.7 Å². The van der Waals surface area contributed by atoms with E-state index in [1.54, 1.807) is 13.8 Å². The Kier molecular flexibility index (Phi) is 12.8. The second kappa shape index (κ2) is 16.1. The predicted octanol–water partition coefficient (Wildman–Crippen LogP) is 4.04. The van der Waals surface area contributed by atoms with Crippen LogP contribution in [-0.4, -0.2) is 86.5 Å². The lowest BCUT2D eigenvalue weighted by Crippen LogP contribution is -2.60. The van der Waals surface area contributed by atoms with E-state index < -0.39 is 65.7 Å². The predicted molar refractivity (Wildman–Crippen MR) is 171 cm³/mol. The zero-order valence-electron chi connectivity index (χ0n) is 28.0. The van der Waals surface area contributed by atoms with E-state index in [2.05, 4.69) is 19.1 Å². The molecule has 1 amide bonds. The van der Waals surface area contributed by atoms with Crippen molar-refractivity contribution < 1.29 is 44.0 Å². The SMILES string of the molecule is C[C@@H]1/C=C\CC/C=C/C(=O)[C@H](C)[C@@H]2CC[C@@H](C)[C@@](O)(O2)C(=O)C(=O)N2CCC[C@H]2C(=O)O[C@H]([C@H](C)C[C@@H]2CC[C@@H](O)[C@H](O)C2)CC1. The van der Waals surface area contributed by atoms with Gasteiger partial charge in [0.25, 0.3) is 11.7 Å². The number of ether oxygens (including phenoxy) is 2. The van der Waals surface area contributed by atoms with Crippen LogP contribution in [0.25, 0.3) is 0 Å². The molecule has 2 saturated heterocycles. The van der Waals surface area contributed by atoms with Crippen LogP contribution in [0.5, 0.6) is 0 Å². The van der Waals surface area contributed by atoms with Gasteiger partial charge >= 0.3 is 5.97 Å². The van der Waals surface area contributed by atoms with Crippen LogP contribution >= 0.6 is 0 Å². The maximum atomic E-state index is 13.7. The Labute approximate surface area is 273 Å². The van der Waals surface area contributed by atoms with E-state index in [0.717, 1.165) is 25.7 Å². The summed E-state index contributed by atoms with van der Waals surface area (Å²) in [7, 11) is 0. The molecule has 0 aromatic heterocycles. The van der Waals surface area contributed by atoms with Crippen molar-refractivity contribution in [3.8, 4) is 0 Å². The number of rotatable bonds is 3. The fraction of sp³-hybridized carbons (Fsp3) is 0.778. The average molecular weight is 646 g/mol. The first kappa shape index (κ1) is 36.4. The number of fused-ring (bicyclic) bond motifs is 3. The Morgan fingerprint density at radius 3 is 2.41 bits per heavy atom. The van der Waals surface area contributed by atoms with Gasteiger partial charge in [-0.1, -0.05) is 45.9 Å². The number of cyclic esters (lactones) is 1. The Balaban J connectivity index is 1.57. The molecule has 46 heavy (non-hydrogen) atoms. The quantitative estimate of drug-likeness (QED) is 0.235. The number of esters is 1. The molecule has 1 aliphatic carbocycles. The number of carbonyl (C=O) groups is 4. The van der Waals surface area contributed by atoms with Crippen molar-refractivity contribution in [2.24, 2.45) is 29.6 Å². The average Bonchev–Trinajstić information content (AvgIpc) is 3.52. The lowest BCUT2D eigenvalue weighted by molar-refractivity contribution is -0.268. The molecule has 4 aliphatic rings. The van der Waals surface area contributed by atoms with Gasteiger partial charge < -0.3 is 29.7 Å². The van der Waals surface area contributed by atoms with E-state index in [4.69, 9.17) is 9.47 Å². The molecule has 10 heteroatoms. The van der Waals surface area contributed by atoms with E-state index in [1.165, 1.54) is 11.0 Å². The molecule has 0 aromatic carbocycles. The summed E-state index contributed by atoms with van der Waals surface area (Å²) in [4.78, 5) is 55.2. The van der Waals surface area contributed by atoms with Gasteiger partial charge in [-0.25, -0.2) is 4.79 Å². The first-order valence-corrected chi connectivity index (χ1v) is 17.5. The van der Waals surface area contributed by atoms with Crippen molar-refractivity contribution in [2.45, 2.75) is 141 Å². The second-order valence-electron chi connectivity index (χ2n) is 14.5. The molecule has 0 radical (unpaired) electrons. The lowest BCUT2D eigenvalue weighted by atomic mass is 9.78. The number of aliphatic hydroxyl groups excluding tert-OH is 2. The number of nitrogens with zero attached hydrogens (tertiary/aromatic N) is 1. The summed E-state index contributed by atoms with van der Waals surface area (Å²) < 4.78 is 12.1. The van der Waals surface area contributed by atoms with Gasteiger partial charge in [0, 0.05) is 18.4 Å². The van der Waals surface area contributed by atoms with Gasteiger partial charge in [0.15, 0.2) is 5.78 Å². The number of ketones is 2. The molecule has 2 bridgehead atoms. The minimum Gasteiger partial charge on any atom is -0.461 e. The van der Waals surface area contributed by atoms with Crippen molar-refractivity contribution in [3.63, 3.8) is 0 Å². The fourth-order valence-electron chi connectivity index (χ4n) is 7.56. The van der Waals surface area contributed by atoms with Gasteiger partial charge in [0.1, 0.15) is 12.1 Å². The Hall–Kier alpha value is -2.40. The molecular formula is C36H55NO9. The first-order valence-electron chi connectivity index (χ1n) is 17.5. The summed E-state index contributed by atoms with van der Waals surface area (Å²) in [6, 6.07) is -0.951. The number of carbonyl (C=O) groups excluding carboxylic acids is 4. The molecule has 3 aliphatic heterocycles. The van der Waals surface area contributed by atoms with Gasteiger partial charge in [-0.2, -0.15) is 0 Å². The van der Waals surface area contributed by atoms with E-state index in [1.807, 2.05) is 13.0 Å². The highest BCUT2D eigenvalue weighted by molar-refractivity contribution is 6.39. The molecule has 3 N–H and O–H groups in total. The summed E-state index contributed by atoms with van der Waals surface area (Å²) in [6.45, 7) is 7.70. The van der Waals surface area contributed by atoms with E-state index in [-0.39, 0.29) is 30.1 Å². The van der Waals surface area contributed by atoms with Crippen molar-refractivity contribution >= 4 is 23.4 Å². The minimum absolute atomic E-state index is 0.0276. The molecule has 11 atom stereocenters. The molecule has 1 saturated carbocycles. The largest absolute Gasteiger partial charge is 0.461 e. The maximum absolute atomic E-state index is 13.7. The van der Waals surface area contributed by atoms with E-state index >= 15 is 0 Å². The van der Waals surface area contributed by atoms with Gasteiger partial charge in [-0.3, -0.25) is 14.4 Å². The Morgan fingerprint density at radius 1 is 0.935 bits per heavy atom. The van der Waals surface area contributed by atoms with Crippen LogP contribution in [0.2, 0.25) is 0 Å². The monoisotopic (exact) mass is 645 g/mol.